The molecule has 35 heavy (non-hydrogen) atoms. The van der Waals surface area contributed by atoms with E-state index in [0.29, 0.717) is 24.4 Å². The van der Waals surface area contributed by atoms with Gasteiger partial charge in [-0.1, -0.05) is 42.5 Å². The van der Waals surface area contributed by atoms with Gasteiger partial charge in [-0.2, -0.15) is 0 Å². The van der Waals surface area contributed by atoms with E-state index >= 15 is 0 Å². The molecule has 1 fully saturated rings. The summed E-state index contributed by atoms with van der Waals surface area (Å²) >= 11 is 0. The molecule has 0 aromatic heterocycles. The standard InChI is InChI=1S/C28H31N3O4/c32-27(31-24-11-4-9-22(17-24)28(33)30-19-26-13-6-15-34-26)20-29-23-10-5-12-25(18-23)35-16-14-21-7-2-1-3-8-21/h1-5,7-12,17-18,26,29H,6,13-16,19-20H2,(H,30,33)(H,31,32). The van der Waals surface area contributed by atoms with Gasteiger partial charge in [0.1, 0.15) is 5.75 Å². The predicted molar refractivity (Wildman–Crippen MR) is 137 cm³/mol. The van der Waals surface area contributed by atoms with Crippen molar-refractivity contribution in [2.45, 2.75) is 25.4 Å². The van der Waals surface area contributed by atoms with Crippen LogP contribution in [-0.4, -0.2) is 44.2 Å². The maximum absolute atomic E-state index is 12.5. The van der Waals surface area contributed by atoms with Crippen LogP contribution in [0.25, 0.3) is 0 Å². The number of benzene rings is 3. The number of carbonyl (C=O) groups excluding carboxylic acids is 2. The average molecular weight is 474 g/mol. The number of ether oxygens (including phenoxy) is 2. The zero-order valence-corrected chi connectivity index (χ0v) is 19.7. The molecule has 4 rings (SSSR count). The molecule has 7 heteroatoms. The van der Waals surface area contributed by atoms with E-state index in [1.54, 1.807) is 24.3 Å². The first-order chi connectivity index (χ1) is 17.2. The molecule has 2 amide bonds. The molecule has 0 bridgehead atoms. The van der Waals surface area contributed by atoms with Crippen LogP contribution < -0.4 is 20.7 Å². The van der Waals surface area contributed by atoms with E-state index in [2.05, 4.69) is 28.1 Å². The first-order valence-electron chi connectivity index (χ1n) is 12.0. The second-order valence-corrected chi connectivity index (χ2v) is 8.44. The maximum atomic E-state index is 12.5. The summed E-state index contributed by atoms with van der Waals surface area (Å²) in [6.45, 7) is 1.91. The summed E-state index contributed by atoms with van der Waals surface area (Å²) in [5, 5.41) is 8.85. The average Bonchev–Trinajstić information content (AvgIpc) is 3.41. The Bertz CT molecular complexity index is 1110. The summed E-state index contributed by atoms with van der Waals surface area (Å²) in [6, 6.07) is 24.6. The van der Waals surface area contributed by atoms with Gasteiger partial charge in [-0.15, -0.1) is 0 Å². The topological polar surface area (TPSA) is 88.7 Å². The van der Waals surface area contributed by atoms with Crippen molar-refractivity contribution < 1.29 is 19.1 Å². The zero-order valence-electron chi connectivity index (χ0n) is 19.7. The van der Waals surface area contributed by atoms with E-state index in [0.717, 1.165) is 37.3 Å². The second kappa shape index (κ2) is 12.6. The minimum absolute atomic E-state index is 0.0840. The molecule has 1 atom stereocenters. The lowest BCUT2D eigenvalue weighted by Gasteiger charge is -2.12. The zero-order chi connectivity index (χ0) is 24.3. The summed E-state index contributed by atoms with van der Waals surface area (Å²) in [5.74, 6) is 0.351. The molecule has 0 spiro atoms. The normalized spacial score (nSPS) is 14.8. The van der Waals surface area contributed by atoms with Crippen LogP contribution in [0.2, 0.25) is 0 Å². The summed E-state index contributed by atoms with van der Waals surface area (Å²) in [5.41, 5.74) is 3.08. The van der Waals surface area contributed by atoms with Crippen LogP contribution in [-0.2, 0) is 16.0 Å². The minimum atomic E-state index is -0.211. The molecule has 3 N–H and O–H groups in total. The molecule has 1 saturated heterocycles. The Kier molecular flexibility index (Phi) is 8.73. The van der Waals surface area contributed by atoms with Crippen molar-refractivity contribution in [2.24, 2.45) is 0 Å². The molecule has 182 valence electrons. The van der Waals surface area contributed by atoms with Crippen molar-refractivity contribution >= 4 is 23.2 Å². The highest BCUT2D eigenvalue weighted by molar-refractivity contribution is 5.98. The van der Waals surface area contributed by atoms with E-state index in [9.17, 15) is 9.59 Å². The first kappa shape index (κ1) is 24.3. The Morgan fingerprint density at radius 3 is 2.60 bits per heavy atom. The first-order valence-corrected chi connectivity index (χ1v) is 12.0. The number of amides is 2. The third kappa shape index (κ3) is 7.86. The van der Waals surface area contributed by atoms with Crippen LogP contribution in [0.4, 0.5) is 11.4 Å². The SMILES string of the molecule is O=C(CNc1cccc(OCCc2ccccc2)c1)Nc1cccc(C(=O)NCC2CCCO2)c1. The molecule has 3 aromatic carbocycles. The summed E-state index contributed by atoms with van der Waals surface area (Å²) in [7, 11) is 0. The summed E-state index contributed by atoms with van der Waals surface area (Å²) in [4.78, 5) is 24.9. The second-order valence-electron chi connectivity index (χ2n) is 8.44. The molecule has 7 nitrogen and oxygen atoms in total. The van der Waals surface area contributed by atoms with Crippen LogP contribution in [0.1, 0.15) is 28.8 Å². The van der Waals surface area contributed by atoms with Crippen molar-refractivity contribution in [3.8, 4) is 5.75 Å². The van der Waals surface area contributed by atoms with Gasteiger partial charge in [-0.3, -0.25) is 9.59 Å². The van der Waals surface area contributed by atoms with Crippen LogP contribution in [0, 0.1) is 0 Å². The monoisotopic (exact) mass is 473 g/mol. The smallest absolute Gasteiger partial charge is 0.251 e. The Hall–Kier alpha value is -3.84. The highest BCUT2D eigenvalue weighted by Gasteiger charge is 2.17. The number of carbonyl (C=O) groups is 2. The highest BCUT2D eigenvalue weighted by Crippen LogP contribution is 2.18. The molecule has 0 aliphatic carbocycles. The molecule has 1 heterocycles. The third-order valence-corrected chi connectivity index (χ3v) is 5.71. The summed E-state index contributed by atoms with van der Waals surface area (Å²) < 4.78 is 11.4. The van der Waals surface area contributed by atoms with Crippen molar-refractivity contribution in [3.05, 3.63) is 90.0 Å². The van der Waals surface area contributed by atoms with Gasteiger partial charge in [0, 0.05) is 42.6 Å². The Morgan fingerprint density at radius 2 is 1.77 bits per heavy atom. The Labute approximate surface area is 205 Å². The predicted octanol–water partition coefficient (Wildman–Crippen LogP) is 4.27. The van der Waals surface area contributed by atoms with Crippen LogP contribution in [0.5, 0.6) is 5.75 Å². The van der Waals surface area contributed by atoms with Crippen molar-refractivity contribution in [3.63, 3.8) is 0 Å². The highest BCUT2D eigenvalue weighted by atomic mass is 16.5. The van der Waals surface area contributed by atoms with Crippen LogP contribution in [0.3, 0.4) is 0 Å². The number of hydrogen-bond donors (Lipinski definition) is 3. The van der Waals surface area contributed by atoms with Crippen molar-refractivity contribution in [1.82, 2.24) is 5.32 Å². The minimum Gasteiger partial charge on any atom is -0.493 e. The van der Waals surface area contributed by atoms with Crippen molar-refractivity contribution in [1.29, 1.82) is 0 Å². The Balaban J connectivity index is 1.22. The number of anilines is 2. The van der Waals surface area contributed by atoms with Gasteiger partial charge in [0.25, 0.3) is 5.91 Å². The largest absolute Gasteiger partial charge is 0.493 e. The lowest BCUT2D eigenvalue weighted by Crippen LogP contribution is -2.31. The van der Waals surface area contributed by atoms with Gasteiger partial charge in [0.15, 0.2) is 0 Å². The van der Waals surface area contributed by atoms with E-state index in [1.807, 2.05) is 42.5 Å². The Morgan fingerprint density at radius 1 is 0.943 bits per heavy atom. The molecule has 1 aliphatic heterocycles. The van der Waals surface area contributed by atoms with Crippen molar-refractivity contribution in [2.75, 3.05) is 36.9 Å². The third-order valence-electron chi connectivity index (χ3n) is 5.71. The quantitative estimate of drug-likeness (QED) is 0.387. The molecule has 1 unspecified atom stereocenters. The van der Waals surface area contributed by atoms with Gasteiger partial charge in [-0.25, -0.2) is 0 Å². The fourth-order valence-corrected chi connectivity index (χ4v) is 3.87. The van der Waals surface area contributed by atoms with Gasteiger partial charge in [0.2, 0.25) is 5.91 Å². The molecule has 1 aliphatic rings. The number of nitrogens with one attached hydrogen (secondary N) is 3. The van der Waals surface area contributed by atoms with Crippen LogP contribution >= 0.6 is 0 Å². The molecular formula is C28H31N3O4. The van der Waals surface area contributed by atoms with E-state index in [1.165, 1.54) is 5.56 Å². The van der Waals surface area contributed by atoms with E-state index in [4.69, 9.17) is 9.47 Å². The molecule has 0 radical (unpaired) electrons. The van der Waals surface area contributed by atoms with Gasteiger partial charge >= 0.3 is 0 Å². The van der Waals surface area contributed by atoms with E-state index in [-0.39, 0.29) is 24.5 Å². The van der Waals surface area contributed by atoms with Crippen LogP contribution in [0.15, 0.2) is 78.9 Å². The fourth-order valence-electron chi connectivity index (χ4n) is 3.87. The fraction of sp³-hybridized carbons (Fsp3) is 0.286. The maximum Gasteiger partial charge on any atom is 0.251 e. The lowest BCUT2D eigenvalue weighted by atomic mass is 10.1. The lowest BCUT2D eigenvalue weighted by molar-refractivity contribution is -0.114. The van der Waals surface area contributed by atoms with Gasteiger partial charge in [-0.05, 0) is 48.7 Å². The molecule has 3 aromatic rings. The number of rotatable bonds is 11. The van der Waals surface area contributed by atoms with Gasteiger partial charge in [0.05, 0.1) is 19.3 Å². The van der Waals surface area contributed by atoms with E-state index < -0.39 is 0 Å². The molecular weight excluding hydrogens is 442 g/mol. The van der Waals surface area contributed by atoms with Gasteiger partial charge < -0.3 is 25.4 Å². The number of hydrogen-bond acceptors (Lipinski definition) is 5. The molecule has 0 saturated carbocycles. The summed E-state index contributed by atoms with van der Waals surface area (Å²) in [6.07, 6.45) is 2.90.